The number of nitrogens with zero attached hydrogens (tertiary/aromatic N) is 3. The maximum absolute atomic E-state index is 12.5. The van der Waals surface area contributed by atoms with Gasteiger partial charge in [-0.25, -0.2) is 9.97 Å². The van der Waals surface area contributed by atoms with Gasteiger partial charge in [0.2, 0.25) is 6.10 Å². The summed E-state index contributed by atoms with van der Waals surface area (Å²) in [7, 11) is 0. The third kappa shape index (κ3) is 4.93. The van der Waals surface area contributed by atoms with Crippen molar-refractivity contribution in [3.05, 3.63) is 16.1 Å². The number of carbonyl (C=O) groups is 1. The number of anilines is 1. The summed E-state index contributed by atoms with van der Waals surface area (Å²) in [6, 6.07) is 0. The van der Waals surface area contributed by atoms with Crippen LogP contribution in [0.1, 0.15) is 56.7 Å². The van der Waals surface area contributed by atoms with E-state index in [4.69, 9.17) is 4.84 Å². The van der Waals surface area contributed by atoms with Gasteiger partial charge in [-0.1, -0.05) is 38.3 Å². The highest BCUT2D eigenvalue weighted by Crippen LogP contribution is 2.32. The highest BCUT2D eigenvalue weighted by Gasteiger charge is 2.29. The van der Waals surface area contributed by atoms with E-state index in [9.17, 15) is 4.79 Å². The number of aromatic nitrogens is 2. The fourth-order valence-electron chi connectivity index (χ4n) is 3.27. The van der Waals surface area contributed by atoms with E-state index in [-0.39, 0.29) is 5.91 Å². The van der Waals surface area contributed by atoms with Crippen molar-refractivity contribution < 1.29 is 9.63 Å². The quantitative estimate of drug-likeness (QED) is 0.655. The number of amides is 1. The number of oxime groups is 1. The van der Waals surface area contributed by atoms with Gasteiger partial charge in [0.05, 0.1) is 27.0 Å². The van der Waals surface area contributed by atoms with Gasteiger partial charge in [-0.2, -0.15) is 0 Å². The smallest absolute Gasteiger partial charge is 0.270 e. The van der Waals surface area contributed by atoms with Crippen molar-refractivity contribution in [1.82, 2.24) is 9.97 Å². The molecule has 0 aliphatic carbocycles. The van der Waals surface area contributed by atoms with E-state index in [0.717, 1.165) is 39.8 Å². The molecule has 0 saturated heterocycles. The first-order chi connectivity index (χ1) is 13.0. The Kier molecular flexibility index (Phi) is 6.59. The predicted octanol–water partition coefficient (Wildman–Crippen LogP) is 5.18. The van der Waals surface area contributed by atoms with E-state index in [1.807, 2.05) is 19.2 Å². The zero-order valence-corrected chi connectivity index (χ0v) is 17.9. The Morgan fingerprint density at radius 2 is 2.19 bits per heavy atom. The third-order valence-electron chi connectivity index (χ3n) is 4.69. The van der Waals surface area contributed by atoms with Gasteiger partial charge >= 0.3 is 0 Å². The minimum absolute atomic E-state index is 0.185. The van der Waals surface area contributed by atoms with Gasteiger partial charge in [-0.3, -0.25) is 10.1 Å². The van der Waals surface area contributed by atoms with Crippen molar-refractivity contribution in [2.75, 3.05) is 5.32 Å². The molecule has 2 aromatic heterocycles. The molecule has 0 aromatic carbocycles. The molecule has 1 N–H and O–H groups in total. The topological polar surface area (TPSA) is 76.5 Å². The van der Waals surface area contributed by atoms with Gasteiger partial charge in [0, 0.05) is 11.8 Å². The molecule has 6 nitrogen and oxygen atoms in total. The van der Waals surface area contributed by atoms with Crippen LogP contribution >= 0.6 is 22.7 Å². The average molecular weight is 407 g/mol. The van der Waals surface area contributed by atoms with Crippen molar-refractivity contribution in [3.8, 4) is 10.6 Å². The normalized spacial score (nSPS) is 17.5. The molecule has 3 heterocycles. The summed E-state index contributed by atoms with van der Waals surface area (Å²) in [5.74, 6) is 0.433. The van der Waals surface area contributed by atoms with E-state index in [1.165, 1.54) is 24.2 Å². The maximum Gasteiger partial charge on any atom is 0.270 e. The van der Waals surface area contributed by atoms with E-state index in [1.54, 1.807) is 11.3 Å². The molecular weight excluding hydrogens is 380 g/mol. The molecule has 0 saturated carbocycles. The van der Waals surface area contributed by atoms with Crippen LogP contribution in [0, 0.1) is 19.8 Å². The van der Waals surface area contributed by atoms with Crippen molar-refractivity contribution in [2.45, 2.75) is 65.9 Å². The molecule has 3 rings (SSSR count). The number of nitrogens with one attached hydrogen (secondary N) is 1. The van der Waals surface area contributed by atoms with Crippen molar-refractivity contribution in [1.29, 1.82) is 0 Å². The van der Waals surface area contributed by atoms with Crippen LogP contribution in [0.3, 0.4) is 0 Å². The Hall–Kier alpha value is -1.80. The van der Waals surface area contributed by atoms with Crippen molar-refractivity contribution in [2.24, 2.45) is 11.1 Å². The van der Waals surface area contributed by atoms with Gasteiger partial charge < -0.3 is 4.84 Å². The lowest BCUT2D eigenvalue weighted by Crippen LogP contribution is -2.28. The summed E-state index contributed by atoms with van der Waals surface area (Å²) in [6.45, 7) is 8.36. The summed E-state index contributed by atoms with van der Waals surface area (Å²) in [5, 5.41) is 10.6. The highest BCUT2D eigenvalue weighted by atomic mass is 32.1. The van der Waals surface area contributed by atoms with Crippen LogP contribution in [0.2, 0.25) is 0 Å². The fourth-order valence-corrected chi connectivity index (χ4v) is 4.93. The van der Waals surface area contributed by atoms with Crippen LogP contribution in [-0.2, 0) is 9.63 Å². The average Bonchev–Trinajstić information content (AvgIpc) is 3.35. The molecule has 0 radical (unpaired) electrons. The van der Waals surface area contributed by atoms with Crippen LogP contribution in [0.5, 0.6) is 0 Å². The first kappa shape index (κ1) is 19.9. The molecule has 0 bridgehead atoms. The molecule has 8 heteroatoms. The third-order valence-corrected chi connectivity index (χ3v) is 6.54. The van der Waals surface area contributed by atoms with E-state index < -0.39 is 6.10 Å². The van der Waals surface area contributed by atoms with E-state index >= 15 is 0 Å². The highest BCUT2D eigenvalue weighted by molar-refractivity contribution is 7.16. The van der Waals surface area contributed by atoms with Crippen LogP contribution in [0.15, 0.2) is 10.5 Å². The number of hydrogen-bond acceptors (Lipinski definition) is 7. The lowest BCUT2D eigenvalue weighted by atomic mass is 9.93. The van der Waals surface area contributed by atoms with Gasteiger partial charge in [0.15, 0.2) is 5.13 Å². The summed E-state index contributed by atoms with van der Waals surface area (Å²) < 4.78 is 0. The molecule has 1 aliphatic rings. The Labute approximate surface area is 168 Å². The van der Waals surface area contributed by atoms with Gasteiger partial charge in [-0.05, 0) is 26.2 Å². The minimum atomic E-state index is -0.557. The summed E-state index contributed by atoms with van der Waals surface area (Å²) in [6.07, 6.45) is 4.41. The molecule has 146 valence electrons. The van der Waals surface area contributed by atoms with Gasteiger partial charge in [0.1, 0.15) is 0 Å². The second-order valence-electron chi connectivity index (χ2n) is 6.90. The number of hydrogen-bond donors (Lipinski definition) is 1. The first-order valence-electron chi connectivity index (χ1n) is 9.42. The fraction of sp³-hybridized carbons (Fsp3) is 0.579. The molecule has 2 aromatic rings. The lowest BCUT2D eigenvalue weighted by molar-refractivity contribution is -0.125. The molecular formula is C19H26N4O2S2. The van der Waals surface area contributed by atoms with E-state index in [2.05, 4.69) is 34.3 Å². The number of rotatable bonds is 8. The molecule has 1 aliphatic heterocycles. The summed E-state index contributed by atoms with van der Waals surface area (Å²) in [4.78, 5) is 27.9. The molecule has 1 amide bonds. The van der Waals surface area contributed by atoms with Crippen LogP contribution in [0.25, 0.3) is 10.6 Å². The standard InChI is InChI=1S/C19H26N4O2S2/c1-5-7-13(6-2)8-14-9-16(25-23-14)18(24)22-19-21-15(10-26-19)17-11(3)20-12(4)27-17/h10,13,16H,5-9H2,1-4H3,(H,21,22,24). The second-order valence-corrected chi connectivity index (χ2v) is 8.96. The monoisotopic (exact) mass is 406 g/mol. The Bertz CT molecular complexity index is 828. The number of aryl methyl sites for hydroxylation is 2. The molecule has 27 heavy (non-hydrogen) atoms. The summed E-state index contributed by atoms with van der Waals surface area (Å²) >= 11 is 3.03. The Balaban J connectivity index is 1.55. The zero-order chi connectivity index (χ0) is 19.4. The largest absolute Gasteiger partial charge is 0.382 e. The number of carbonyl (C=O) groups excluding carboxylic acids is 1. The van der Waals surface area contributed by atoms with Crippen molar-refractivity contribution >= 4 is 39.4 Å². The Morgan fingerprint density at radius 3 is 2.85 bits per heavy atom. The molecule has 0 fully saturated rings. The minimum Gasteiger partial charge on any atom is -0.382 e. The van der Waals surface area contributed by atoms with Gasteiger partial charge in [0.25, 0.3) is 5.91 Å². The van der Waals surface area contributed by atoms with Crippen LogP contribution in [0.4, 0.5) is 5.13 Å². The molecule has 0 spiro atoms. The maximum atomic E-state index is 12.5. The number of thiazole rings is 2. The van der Waals surface area contributed by atoms with Crippen LogP contribution < -0.4 is 5.32 Å². The van der Waals surface area contributed by atoms with E-state index in [0.29, 0.717) is 17.5 Å². The molecule has 2 atom stereocenters. The van der Waals surface area contributed by atoms with Crippen LogP contribution in [-0.4, -0.2) is 27.7 Å². The lowest BCUT2D eigenvalue weighted by Gasteiger charge is -2.12. The predicted molar refractivity (Wildman–Crippen MR) is 112 cm³/mol. The second kappa shape index (κ2) is 8.93. The molecule has 2 unspecified atom stereocenters. The van der Waals surface area contributed by atoms with Crippen molar-refractivity contribution in [3.63, 3.8) is 0 Å². The summed E-state index contributed by atoms with van der Waals surface area (Å²) in [5.41, 5.74) is 2.81. The zero-order valence-electron chi connectivity index (χ0n) is 16.2. The van der Waals surface area contributed by atoms with Gasteiger partial charge in [-0.15, -0.1) is 22.7 Å². The SMILES string of the molecule is CCCC(CC)CC1=NOC(C(=O)Nc2nc(-c3sc(C)nc3C)cs2)C1. The Morgan fingerprint density at radius 1 is 1.37 bits per heavy atom. The first-order valence-corrected chi connectivity index (χ1v) is 11.1.